The minimum atomic E-state index is -0.813. The number of amides is 1. The molecule has 1 aromatic heterocycles. The summed E-state index contributed by atoms with van der Waals surface area (Å²) in [6.07, 6.45) is 1.34. The molecule has 0 fully saturated rings. The molecule has 4 rings (SSSR count). The number of anilines is 1. The average molecular weight is 517 g/mol. The van der Waals surface area contributed by atoms with E-state index in [4.69, 9.17) is 14.2 Å². The van der Waals surface area contributed by atoms with Crippen molar-refractivity contribution >= 4 is 39.3 Å². The second-order valence-corrected chi connectivity index (χ2v) is 8.42. The first-order valence-electron chi connectivity index (χ1n) is 9.80. The summed E-state index contributed by atoms with van der Waals surface area (Å²) in [7, 11) is 3.12. The molecule has 32 heavy (non-hydrogen) atoms. The molecule has 0 spiro atoms. The molecule has 0 aliphatic carbocycles. The lowest BCUT2D eigenvalue weighted by Gasteiger charge is -2.31. The number of fused-ring (bicyclic) bond motifs is 3. The Kier molecular flexibility index (Phi) is 6.52. The first-order valence-corrected chi connectivity index (χ1v) is 11.8. The van der Waals surface area contributed by atoms with E-state index in [0.29, 0.717) is 44.0 Å². The smallest absolute Gasteiger partial charge is 0.247 e. The SMILES string of the molecule is CCC(=O)N1c2ccccc2-c2nnc(SC)nc2O[C@H]1c1cc(Br)c(OC)c(OC)c1. The van der Waals surface area contributed by atoms with Crippen molar-refractivity contribution in [3.8, 4) is 28.6 Å². The molecule has 2 heterocycles. The van der Waals surface area contributed by atoms with Gasteiger partial charge in [-0.2, -0.15) is 4.98 Å². The first kappa shape index (κ1) is 22.3. The quantitative estimate of drug-likeness (QED) is 0.443. The molecule has 1 aliphatic heterocycles. The summed E-state index contributed by atoms with van der Waals surface area (Å²) in [6.45, 7) is 1.81. The van der Waals surface area contributed by atoms with Gasteiger partial charge in [0, 0.05) is 17.5 Å². The largest absolute Gasteiger partial charge is 0.493 e. The van der Waals surface area contributed by atoms with E-state index in [1.54, 1.807) is 25.2 Å². The van der Waals surface area contributed by atoms with Crippen molar-refractivity contribution in [2.45, 2.75) is 24.7 Å². The summed E-state index contributed by atoms with van der Waals surface area (Å²) < 4.78 is 18.0. The van der Waals surface area contributed by atoms with E-state index in [1.165, 1.54) is 11.8 Å². The van der Waals surface area contributed by atoms with Crippen molar-refractivity contribution in [3.05, 3.63) is 46.4 Å². The Hall–Kier alpha value is -2.85. The van der Waals surface area contributed by atoms with Crippen LogP contribution < -0.4 is 19.1 Å². The molecule has 0 unspecified atom stereocenters. The fourth-order valence-corrected chi connectivity index (χ4v) is 4.46. The Labute approximate surface area is 198 Å². The van der Waals surface area contributed by atoms with Gasteiger partial charge in [0.1, 0.15) is 0 Å². The number of rotatable bonds is 5. The maximum absolute atomic E-state index is 13.2. The third kappa shape index (κ3) is 3.88. The summed E-state index contributed by atoms with van der Waals surface area (Å²) in [6, 6.07) is 11.2. The summed E-state index contributed by atoms with van der Waals surface area (Å²) in [4.78, 5) is 19.4. The predicted molar refractivity (Wildman–Crippen MR) is 125 cm³/mol. The second-order valence-electron chi connectivity index (χ2n) is 6.80. The second kappa shape index (κ2) is 9.33. The van der Waals surface area contributed by atoms with Crippen molar-refractivity contribution in [2.75, 3.05) is 25.4 Å². The van der Waals surface area contributed by atoms with Crippen LogP contribution in [0.3, 0.4) is 0 Å². The number of hydrogen-bond acceptors (Lipinski definition) is 8. The number of halogens is 1. The lowest BCUT2D eigenvalue weighted by molar-refractivity contribution is -0.120. The molecule has 0 N–H and O–H groups in total. The Morgan fingerprint density at radius 3 is 2.69 bits per heavy atom. The normalized spacial score (nSPS) is 14.7. The highest BCUT2D eigenvalue weighted by Gasteiger charge is 2.36. The van der Waals surface area contributed by atoms with Crippen molar-refractivity contribution < 1.29 is 19.0 Å². The number of thioether (sulfide) groups is 1. The number of hydrogen-bond donors (Lipinski definition) is 0. The Balaban J connectivity index is 1.99. The van der Waals surface area contributed by atoms with Crippen LogP contribution >= 0.6 is 27.7 Å². The number of para-hydroxylation sites is 1. The monoisotopic (exact) mass is 516 g/mol. The Morgan fingerprint density at radius 2 is 2.00 bits per heavy atom. The van der Waals surface area contributed by atoms with E-state index in [0.717, 1.165) is 5.56 Å². The molecule has 0 saturated heterocycles. The van der Waals surface area contributed by atoms with Crippen LogP contribution in [-0.4, -0.2) is 41.6 Å². The van der Waals surface area contributed by atoms with Crippen LogP contribution in [0.15, 0.2) is 46.0 Å². The van der Waals surface area contributed by atoms with E-state index in [2.05, 4.69) is 31.1 Å². The molecule has 1 atom stereocenters. The maximum Gasteiger partial charge on any atom is 0.247 e. The van der Waals surface area contributed by atoms with Crippen LogP contribution in [0.5, 0.6) is 17.4 Å². The fraction of sp³-hybridized carbons (Fsp3) is 0.273. The highest BCUT2D eigenvalue weighted by molar-refractivity contribution is 9.10. The minimum Gasteiger partial charge on any atom is -0.493 e. The van der Waals surface area contributed by atoms with Crippen LogP contribution in [0.1, 0.15) is 25.1 Å². The summed E-state index contributed by atoms with van der Waals surface area (Å²) >= 11 is 4.90. The average Bonchev–Trinajstić information content (AvgIpc) is 2.97. The molecule has 0 radical (unpaired) electrons. The lowest BCUT2D eigenvalue weighted by atomic mass is 10.1. The highest BCUT2D eigenvalue weighted by atomic mass is 79.9. The standard InChI is InChI=1S/C22H21BrN4O4S/c1-5-17(28)27-15-9-7-6-8-13(15)18-20(24-22(32-4)26-25-18)31-21(27)12-10-14(23)19(30-3)16(11-12)29-2/h6-11,21H,5H2,1-4H3/t21-/m0/s1. The summed E-state index contributed by atoms with van der Waals surface area (Å²) in [5, 5.41) is 9.02. The van der Waals surface area contributed by atoms with Crippen LogP contribution in [0, 0.1) is 0 Å². The number of methoxy groups -OCH3 is 2. The number of nitrogens with zero attached hydrogens (tertiary/aromatic N) is 4. The van der Waals surface area contributed by atoms with E-state index in [-0.39, 0.29) is 12.3 Å². The van der Waals surface area contributed by atoms with Crippen LogP contribution in [0.2, 0.25) is 0 Å². The Bertz CT molecular complexity index is 1180. The predicted octanol–water partition coefficient (Wildman–Crippen LogP) is 4.87. The zero-order valence-corrected chi connectivity index (χ0v) is 20.4. The third-order valence-corrected chi connectivity index (χ3v) is 6.13. The molecule has 0 bridgehead atoms. The number of carbonyl (C=O) groups is 1. The zero-order valence-electron chi connectivity index (χ0n) is 18.0. The molecule has 166 valence electrons. The van der Waals surface area contributed by atoms with Crippen LogP contribution in [0.25, 0.3) is 11.3 Å². The maximum atomic E-state index is 13.2. The van der Waals surface area contributed by atoms with Crippen LogP contribution in [0.4, 0.5) is 5.69 Å². The molecule has 10 heteroatoms. The van der Waals surface area contributed by atoms with Gasteiger partial charge in [0.2, 0.25) is 23.2 Å². The van der Waals surface area contributed by atoms with Gasteiger partial charge in [0.25, 0.3) is 0 Å². The minimum absolute atomic E-state index is 0.112. The van der Waals surface area contributed by atoms with E-state index >= 15 is 0 Å². The molecule has 1 amide bonds. The third-order valence-electron chi connectivity index (χ3n) is 5.01. The topological polar surface area (TPSA) is 86.7 Å². The number of aromatic nitrogens is 3. The molecular weight excluding hydrogens is 496 g/mol. The molecule has 8 nitrogen and oxygen atoms in total. The number of benzene rings is 2. The summed E-state index contributed by atoms with van der Waals surface area (Å²) in [5.74, 6) is 1.25. The summed E-state index contributed by atoms with van der Waals surface area (Å²) in [5.41, 5.74) is 2.55. The Morgan fingerprint density at radius 1 is 1.22 bits per heavy atom. The van der Waals surface area contributed by atoms with Gasteiger partial charge in [-0.3, -0.25) is 9.69 Å². The van der Waals surface area contributed by atoms with Crippen molar-refractivity contribution in [1.29, 1.82) is 0 Å². The zero-order chi connectivity index (χ0) is 22.8. The molecule has 3 aromatic rings. The van der Waals surface area contributed by atoms with Crippen molar-refractivity contribution in [3.63, 3.8) is 0 Å². The lowest BCUT2D eigenvalue weighted by Crippen LogP contribution is -2.37. The van der Waals surface area contributed by atoms with Gasteiger partial charge in [-0.1, -0.05) is 36.9 Å². The fourth-order valence-electron chi connectivity index (χ4n) is 3.54. The van der Waals surface area contributed by atoms with E-state index in [1.807, 2.05) is 43.5 Å². The van der Waals surface area contributed by atoms with Crippen molar-refractivity contribution in [1.82, 2.24) is 15.2 Å². The van der Waals surface area contributed by atoms with Gasteiger partial charge >= 0.3 is 0 Å². The molecular formula is C22H21BrN4O4S. The molecule has 0 saturated carbocycles. The molecule has 2 aromatic carbocycles. The van der Waals surface area contributed by atoms with Crippen LogP contribution in [-0.2, 0) is 4.79 Å². The molecule has 1 aliphatic rings. The van der Waals surface area contributed by atoms with Gasteiger partial charge < -0.3 is 14.2 Å². The van der Waals surface area contributed by atoms with Gasteiger partial charge in [-0.15, -0.1) is 10.2 Å². The van der Waals surface area contributed by atoms with E-state index in [9.17, 15) is 4.79 Å². The van der Waals surface area contributed by atoms with Gasteiger partial charge in [0.05, 0.1) is 24.4 Å². The van der Waals surface area contributed by atoms with Gasteiger partial charge in [0.15, 0.2) is 17.2 Å². The first-order chi connectivity index (χ1) is 15.5. The number of carbonyl (C=O) groups excluding carboxylic acids is 1. The van der Waals surface area contributed by atoms with E-state index < -0.39 is 6.23 Å². The van der Waals surface area contributed by atoms with Gasteiger partial charge in [-0.05, 0) is 40.4 Å². The van der Waals surface area contributed by atoms with Gasteiger partial charge in [-0.25, -0.2) is 0 Å². The van der Waals surface area contributed by atoms with Crippen molar-refractivity contribution in [2.24, 2.45) is 0 Å². The highest BCUT2D eigenvalue weighted by Crippen LogP contribution is 2.46. The number of ether oxygens (including phenoxy) is 3.